The molecule has 1 aliphatic carbocycles. The number of imidazole rings is 1. The Morgan fingerprint density at radius 2 is 1.90 bits per heavy atom. The van der Waals surface area contributed by atoms with Gasteiger partial charge in [-0.25, -0.2) is 4.98 Å². The number of nitrogens with zero attached hydrogens (tertiary/aromatic N) is 4. The maximum Gasteiger partial charge on any atom is 0.254 e. The van der Waals surface area contributed by atoms with E-state index in [1.165, 1.54) is 11.1 Å². The van der Waals surface area contributed by atoms with Gasteiger partial charge in [0.15, 0.2) is 0 Å². The van der Waals surface area contributed by atoms with Crippen molar-refractivity contribution >= 4 is 22.2 Å². The van der Waals surface area contributed by atoms with Crippen LogP contribution < -0.4 is 0 Å². The lowest BCUT2D eigenvalue weighted by Crippen LogP contribution is -2.33. The van der Waals surface area contributed by atoms with Crippen LogP contribution in [-0.4, -0.2) is 45.6 Å². The SMILES string of the molecule is CN(C)CC1(C)CC(c2nc(-c3ccc4nc[nH]c4c3)no2)=CC=C1c1ccccc1. The molecule has 0 spiro atoms. The summed E-state index contributed by atoms with van der Waals surface area (Å²) in [5.74, 6) is 1.16. The molecular weight excluding hydrogens is 386 g/mol. The average Bonchev–Trinajstić information content (AvgIpc) is 3.42. The van der Waals surface area contributed by atoms with Crippen LogP contribution in [0, 0.1) is 5.41 Å². The Bertz CT molecular complexity index is 1280. The Balaban J connectivity index is 1.50. The summed E-state index contributed by atoms with van der Waals surface area (Å²) in [6.07, 6.45) is 6.84. The van der Waals surface area contributed by atoms with Gasteiger partial charge in [-0.15, -0.1) is 0 Å². The molecule has 6 nitrogen and oxygen atoms in total. The van der Waals surface area contributed by atoms with E-state index in [9.17, 15) is 0 Å². The van der Waals surface area contributed by atoms with E-state index < -0.39 is 0 Å². The van der Waals surface area contributed by atoms with Crippen molar-refractivity contribution in [2.45, 2.75) is 13.3 Å². The smallest absolute Gasteiger partial charge is 0.254 e. The van der Waals surface area contributed by atoms with Crippen molar-refractivity contribution in [1.82, 2.24) is 25.0 Å². The van der Waals surface area contributed by atoms with Crippen molar-refractivity contribution in [3.63, 3.8) is 0 Å². The van der Waals surface area contributed by atoms with Gasteiger partial charge in [0, 0.05) is 23.1 Å². The van der Waals surface area contributed by atoms with Crippen molar-refractivity contribution in [3.05, 3.63) is 78.5 Å². The van der Waals surface area contributed by atoms with E-state index in [2.05, 4.69) is 83.5 Å². The van der Waals surface area contributed by atoms with Gasteiger partial charge in [0.25, 0.3) is 5.89 Å². The van der Waals surface area contributed by atoms with Crippen molar-refractivity contribution < 1.29 is 4.52 Å². The first-order valence-electron chi connectivity index (χ1n) is 10.4. The summed E-state index contributed by atoms with van der Waals surface area (Å²) in [6, 6.07) is 16.5. The predicted molar refractivity (Wildman–Crippen MR) is 123 cm³/mol. The molecule has 0 saturated carbocycles. The normalized spacial score (nSPS) is 19.0. The molecule has 1 N–H and O–H groups in total. The average molecular weight is 412 g/mol. The number of benzene rings is 2. The number of hydrogen-bond acceptors (Lipinski definition) is 5. The fourth-order valence-corrected chi connectivity index (χ4v) is 4.55. The Morgan fingerprint density at radius 1 is 1.06 bits per heavy atom. The standard InChI is InChI=1S/C25H25N5O/c1-25(15-30(2)3)14-19(9-11-20(25)17-7-5-4-6-8-17)24-28-23(29-31-24)18-10-12-21-22(13-18)27-16-26-21/h4-13,16H,14-15H2,1-3H3,(H,26,27). The van der Waals surface area contributed by atoms with Crippen molar-refractivity contribution in [2.24, 2.45) is 5.41 Å². The molecule has 6 heteroatoms. The van der Waals surface area contributed by atoms with Crippen LogP contribution in [0.15, 0.2) is 71.5 Å². The molecule has 2 aromatic heterocycles. The number of nitrogens with one attached hydrogen (secondary N) is 1. The second-order valence-corrected chi connectivity index (χ2v) is 8.67. The number of aromatic nitrogens is 4. The van der Waals surface area contributed by atoms with Crippen molar-refractivity contribution in [2.75, 3.05) is 20.6 Å². The molecule has 5 rings (SSSR count). The highest BCUT2D eigenvalue weighted by Crippen LogP contribution is 2.45. The van der Waals surface area contributed by atoms with Crippen LogP contribution in [0.4, 0.5) is 0 Å². The molecule has 156 valence electrons. The molecule has 1 atom stereocenters. The first kappa shape index (κ1) is 19.5. The number of H-pyrrole nitrogens is 1. The van der Waals surface area contributed by atoms with Crippen LogP contribution in [0.2, 0.25) is 0 Å². The highest BCUT2D eigenvalue weighted by Gasteiger charge is 2.35. The van der Waals surface area contributed by atoms with Gasteiger partial charge in [0.1, 0.15) is 0 Å². The van der Waals surface area contributed by atoms with Crippen LogP contribution in [0.5, 0.6) is 0 Å². The van der Waals surface area contributed by atoms with E-state index in [-0.39, 0.29) is 5.41 Å². The lowest BCUT2D eigenvalue weighted by Gasteiger charge is -2.37. The molecule has 2 heterocycles. The van der Waals surface area contributed by atoms with E-state index in [4.69, 9.17) is 9.51 Å². The van der Waals surface area contributed by atoms with Gasteiger partial charge in [0.05, 0.1) is 17.4 Å². The van der Waals surface area contributed by atoms with Crippen LogP contribution in [0.1, 0.15) is 24.8 Å². The van der Waals surface area contributed by atoms with Crippen LogP contribution in [0.3, 0.4) is 0 Å². The molecule has 1 aliphatic rings. The molecule has 1 unspecified atom stereocenters. The summed E-state index contributed by atoms with van der Waals surface area (Å²) in [6.45, 7) is 3.23. The lowest BCUT2D eigenvalue weighted by atomic mass is 9.71. The van der Waals surface area contributed by atoms with Crippen molar-refractivity contribution in [3.8, 4) is 11.4 Å². The van der Waals surface area contributed by atoms with E-state index >= 15 is 0 Å². The third-order valence-corrected chi connectivity index (χ3v) is 5.81. The maximum absolute atomic E-state index is 5.69. The zero-order valence-electron chi connectivity index (χ0n) is 18.0. The summed E-state index contributed by atoms with van der Waals surface area (Å²) < 4.78 is 5.69. The molecule has 0 bridgehead atoms. The largest absolute Gasteiger partial charge is 0.345 e. The molecular formula is C25H25N5O. The van der Waals surface area contributed by atoms with Gasteiger partial charge in [-0.2, -0.15) is 4.98 Å². The van der Waals surface area contributed by atoms with Gasteiger partial charge < -0.3 is 14.4 Å². The second kappa shape index (κ2) is 7.63. The number of allylic oxidation sites excluding steroid dienone is 3. The van der Waals surface area contributed by atoms with Crippen molar-refractivity contribution in [1.29, 1.82) is 0 Å². The Morgan fingerprint density at radius 3 is 2.71 bits per heavy atom. The van der Waals surface area contributed by atoms with Crippen LogP contribution in [0.25, 0.3) is 33.6 Å². The highest BCUT2D eigenvalue weighted by molar-refractivity contribution is 5.81. The summed E-state index contributed by atoms with van der Waals surface area (Å²) >= 11 is 0. The van der Waals surface area contributed by atoms with Gasteiger partial charge in [-0.05, 0) is 49.9 Å². The molecule has 0 fully saturated rings. The quantitative estimate of drug-likeness (QED) is 0.497. The minimum atomic E-state index is -0.0710. The molecule has 0 amide bonds. The predicted octanol–water partition coefficient (Wildman–Crippen LogP) is 5.05. The number of fused-ring (bicyclic) bond motifs is 1. The molecule has 0 aliphatic heterocycles. The molecule has 0 radical (unpaired) electrons. The highest BCUT2D eigenvalue weighted by atomic mass is 16.5. The van der Waals surface area contributed by atoms with Gasteiger partial charge in [-0.3, -0.25) is 0 Å². The minimum Gasteiger partial charge on any atom is -0.345 e. The third kappa shape index (κ3) is 3.70. The Hall–Kier alpha value is -3.51. The van der Waals surface area contributed by atoms with E-state index in [0.717, 1.165) is 35.1 Å². The van der Waals surface area contributed by atoms with Gasteiger partial charge in [-0.1, -0.05) is 54.6 Å². The monoisotopic (exact) mass is 411 g/mol. The summed E-state index contributed by atoms with van der Waals surface area (Å²) in [4.78, 5) is 14.3. The van der Waals surface area contributed by atoms with Crippen LogP contribution >= 0.6 is 0 Å². The van der Waals surface area contributed by atoms with E-state index in [1.54, 1.807) is 6.33 Å². The molecule has 4 aromatic rings. The Kier molecular flexibility index (Phi) is 4.79. The number of rotatable bonds is 5. The third-order valence-electron chi connectivity index (χ3n) is 5.81. The van der Waals surface area contributed by atoms with Crippen LogP contribution in [-0.2, 0) is 0 Å². The topological polar surface area (TPSA) is 70.8 Å². The van der Waals surface area contributed by atoms with E-state index in [0.29, 0.717) is 11.7 Å². The zero-order valence-corrected chi connectivity index (χ0v) is 18.0. The maximum atomic E-state index is 5.69. The summed E-state index contributed by atoms with van der Waals surface area (Å²) in [5, 5.41) is 4.25. The minimum absolute atomic E-state index is 0.0710. The first-order chi connectivity index (χ1) is 15.0. The number of hydrogen-bond donors (Lipinski definition) is 1. The first-order valence-corrected chi connectivity index (χ1v) is 10.4. The second-order valence-electron chi connectivity index (χ2n) is 8.67. The van der Waals surface area contributed by atoms with E-state index in [1.807, 2.05) is 18.2 Å². The fraction of sp³-hybridized carbons (Fsp3) is 0.240. The van der Waals surface area contributed by atoms with Gasteiger partial charge in [0.2, 0.25) is 5.82 Å². The summed E-state index contributed by atoms with van der Waals surface area (Å²) in [5.41, 5.74) is 6.34. The zero-order chi connectivity index (χ0) is 21.4. The molecule has 31 heavy (non-hydrogen) atoms. The molecule has 0 saturated heterocycles. The summed E-state index contributed by atoms with van der Waals surface area (Å²) in [7, 11) is 4.23. The lowest BCUT2D eigenvalue weighted by molar-refractivity contribution is 0.283. The molecule has 2 aromatic carbocycles. The Labute approximate surface area is 181 Å². The van der Waals surface area contributed by atoms with Gasteiger partial charge >= 0.3 is 0 Å². The number of aromatic amines is 1. The fourth-order valence-electron chi connectivity index (χ4n) is 4.55.